The largest absolute Gasteiger partial charge is 0.483 e. The van der Waals surface area contributed by atoms with Crippen molar-refractivity contribution in [3.05, 3.63) is 28.8 Å². The SMILES string of the molecule is CCCCCc1cc(OC(=O)CCCN2CCCCCC2)c2c(c1)OC(C)(C)C1=C2CCC1.Cl. The van der Waals surface area contributed by atoms with Gasteiger partial charge in [0.05, 0.1) is 5.56 Å². The predicted octanol–water partition coefficient (Wildman–Crippen LogP) is 7.51. The van der Waals surface area contributed by atoms with Crippen LogP contribution in [0.2, 0.25) is 0 Å². The van der Waals surface area contributed by atoms with E-state index in [-0.39, 0.29) is 24.0 Å². The normalized spacial score (nSPS) is 19.5. The number of rotatable bonds is 9. The van der Waals surface area contributed by atoms with Gasteiger partial charge < -0.3 is 14.4 Å². The lowest BCUT2D eigenvalue weighted by Crippen LogP contribution is -2.33. The van der Waals surface area contributed by atoms with Crippen molar-refractivity contribution in [1.82, 2.24) is 4.90 Å². The minimum Gasteiger partial charge on any atom is -0.483 e. The number of carbonyl (C=O) groups is 1. The van der Waals surface area contributed by atoms with E-state index < -0.39 is 0 Å². The molecule has 1 saturated heterocycles. The summed E-state index contributed by atoms with van der Waals surface area (Å²) in [5.41, 5.74) is 4.71. The van der Waals surface area contributed by atoms with Gasteiger partial charge in [0.25, 0.3) is 0 Å². The number of unbranched alkanes of at least 4 members (excludes halogenated alkanes) is 2. The fourth-order valence-corrected chi connectivity index (χ4v) is 5.83. The van der Waals surface area contributed by atoms with E-state index >= 15 is 0 Å². The zero-order valence-electron chi connectivity index (χ0n) is 21.5. The van der Waals surface area contributed by atoms with Crippen LogP contribution in [0.15, 0.2) is 17.7 Å². The third-order valence-corrected chi connectivity index (χ3v) is 7.58. The van der Waals surface area contributed by atoms with Crippen molar-refractivity contribution in [3.63, 3.8) is 0 Å². The molecule has 0 N–H and O–H groups in total. The van der Waals surface area contributed by atoms with Gasteiger partial charge in [0.2, 0.25) is 0 Å². The number of fused-ring (bicyclic) bond motifs is 2. The lowest BCUT2D eigenvalue weighted by Gasteiger charge is -2.35. The van der Waals surface area contributed by atoms with E-state index in [0.717, 1.165) is 62.1 Å². The molecule has 0 aromatic heterocycles. The highest BCUT2D eigenvalue weighted by Crippen LogP contribution is 2.52. The van der Waals surface area contributed by atoms with Crippen molar-refractivity contribution in [1.29, 1.82) is 0 Å². The van der Waals surface area contributed by atoms with E-state index in [1.165, 1.54) is 68.3 Å². The Morgan fingerprint density at radius 1 is 1.03 bits per heavy atom. The zero-order valence-corrected chi connectivity index (χ0v) is 22.4. The van der Waals surface area contributed by atoms with Gasteiger partial charge in [0, 0.05) is 6.42 Å². The number of benzene rings is 1. The summed E-state index contributed by atoms with van der Waals surface area (Å²) in [6, 6.07) is 4.32. The van der Waals surface area contributed by atoms with Gasteiger partial charge in [-0.05, 0) is 114 Å². The maximum atomic E-state index is 12.9. The molecule has 1 aromatic carbocycles. The molecule has 0 atom stereocenters. The topological polar surface area (TPSA) is 38.8 Å². The van der Waals surface area contributed by atoms with E-state index in [9.17, 15) is 4.79 Å². The average molecular weight is 490 g/mol. The molecule has 1 aliphatic carbocycles. The molecule has 3 aliphatic rings. The highest BCUT2D eigenvalue weighted by atomic mass is 35.5. The summed E-state index contributed by atoms with van der Waals surface area (Å²) in [5.74, 6) is 1.52. The van der Waals surface area contributed by atoms with E-state index in [4.69, 9.17) is 9.47 Å². The van der Waals surface area contributed by atoms with Crippen molar-refractivity contribution in [2.75, 3.05) is 19.6 Å². The molecule has 0 radical (unpaired) electrons. The molecule has 2 aliphatic heterocycles. The number of aryl methyl sites for hydroxylation is 1. The number of esters is 1. The molecule has 1 aromatic rings. The number of ether oxygens (including phenoxy) is 2. The van der Waals surface area contributed by atoms with Crippen LogP contribution >= 0.6 is 12.4 Å². The predicted molar refractivity (Wildman–Crippen MR) is 142 cm³/mol. The summed E-state index contributed by atoms with van der Waals surface area (Å²) in [6.45, 7) is 9.92. The number of hydrogen-bond donors (Lipinski definition) is 0. The fraction of sp³-hybridized carbons (Fsp3) is 0.690. The van der Waals surface area contributed by atoms with Crippen molar-refractivity contribution < 1.29 is 14.3 Å². The number of hydrogen-bond acceptors (Lipinski definition) is 4. The minimum absolute atomic E-state index is 0. The first-order valence-corrected chi connectivity index (χ1v) is 13.5. The molecule has 4 nitrogen and oxygen atoms in total. The number of likely N-dealkylation sites (tertiary alicyclic amines) is 1. The smallest absolute Gasteiger partial charge is 0.311 e. The van der Waals surface area contributed by atoms with Gasteiger partial charge in [0.1, 0.15) is 17.1 Å². The highest BCUT2D eigenvalue weighted by molar-refractivity contribution is 5.85. The molecule has 0 spiro atoms. The Balaban J connectivity index is 0.00000324. The van der Waals surface area contributed by atoms with Gasteiger partial charge >= 0.3 is 5.97 Å². The van der Waals surface area contributed by atoms with Gasteiger partial charge in [-0.3, -0.25) is 4.79 Å². The van der Waals surface area contributed by atoms with Gasteiger partial charge in [-0.15, -0.1) is 12.4 Å². The molecule has 5 heteroatoms. The minimum atomic E-state index is -0.282. The average Bonchev–Trinajstić information content (AvgIpc) is 3.13. The van der Waals surface area contributed by atoms with Gasteiger partial charge in [-0.2, -0.15) is 0 Å². The van der Waals surface area contributed by atoms with Crippen LogP contribution in [0.4, 0.5) is 0 Å². The second-order valence-corrected chi connectivity index (χ2v) is 10.7. The molecule has 0 saturated carbocycles. The van der Waals surface area contributed by atoms with Crippen LogP contribution in [0.1, 0.15) is 109 Å². The Bertz CT molecular complexity index is 868. The Morgan fingerprint density at radius 3 is 2.53 bits per heavy atom. The van der Waals surface area contributed by atoms with Crippen LogP contribution in [0.5, 0.6) is 11.5 Å². The summed E-state index contributed by atoms with van der Waals surface area (Å²) < 4.78 is 12.6. The quantitative estimate of drug-likeness (QED) is 0.204. The summed E-state index contributed by atoms with van der Waals surface area (Å²) in [7, 11) is 0. The maximum absolute atomic E-state index is 12.9. The maximum Gasteiger partial charge on any atom is 0.311 e. The highest BCUT2D eigenvalue weighted by Gasteiger charge is 2.39. The summed E-state index contributed by atoms with van der Waals surface area (Å²) >= 11 is 0. The first-order valence-electron chi connectivity index (χ1n) is 13.5. The van der Waals surface area contributed by atoms with Crippen molar-refractivity contribution in [2.24, 2.45) is 0 Å². The second kappa shape index (κ2) is 12.4. The van der Waals surface area contributed by atoms with Crippen LogP contribution in [-0.4, -0.2) is 36.1 Å². The number of carbonyl (C=O) groups excluding carboxylic acids is 1. The van der Waals surface area contributed by atoms with E-state index in [0.29, 0.717) is 6.42 Å². The van der Waals surface area contributed by atoms with E-state index in [2.05, 4.69) is 37.8 Å². The molecule has 1 fully saturated rings. The Morgan fingerprint density at radius 2 is 1.79 bits per heavy atom. The van der Waals surface area contributed by atoms with Crippen LogP contribution in [0.3, 0.4) is 0 Å². The summed E-state index contributed by atoms with van der Waals surface area (Å²) in [6.07, 6.45) is 14.4. The molecular weight excluding hydrogens is 446 g/mol. The lowest BCUT2D eigenvalue weighted by atomic mass is 9.86. The number of halogens is 1. The lowest BCUT2D eigenvalue weighted by molar-refractivity contribution is -0.134. The molecule has 4 rings (SSSR count). The molecule has 190 valence electrons. The Hall–Kier alpha value is -1.52. The van der Waals surface area contributed by atoms with Gasteiger partial charge in [0.15, 0.2) is 0 Å². The third-order valence-electron chi connectivity index (χ3n) is 7.58. The summed E-state index contributed by atoms with van der Waals surface area (Å²) in [5, 5.41) is 0. The molecule has 34 heavy (non-hydrogen) atoms. The van der Waals surface area contributed by atoms with E-state index in [1.807, 2.05) is 0 Å². The molecule has 0 bridgehead atoms. The van der Waals surface area contributed by atoms with Crippen LogP contribution < -0.4 is 9.47 Å². The van der Waals surface area contributed by atoms with Gasteiger partial charge in [-0.1, -0.05) is 32.6 Å². The van der Waals surface area contributed by atoms with Gasteiger partial charge in [-0.25, -0.2) is 0 Å². The molecule has 0 unspecified atom stereocenters. The fourth-order valence-electron chi connectivity index (χ4n) is 5.83. The van der Waals surface area contributed by atoms with Crippen molar-refractivity contribution >= 4 is 23.9 Å². The second-order valence-electron chi connectivity index (χ2n) is 10.7. The van der Waals surface area contributed by atoms with Crippen molar-refractivity contribution in [2.45, 2.75) is 110 Å². The standard InChI is InChI=1S/C29H43NO3.ClH/c1-4-5-8-13-22-20-25(32-27(31)16-12-19-30-17-9-6-7-10-18-30)28-23-14-11-15-24(23)29(2,3)33-26(28)21-22;/h20-21H,4-19H2,1-3H3;1H. The number of allylic oxidation sites excluding steroid dienone is 1. The third kappa shape index (κ3) is 6.57. The molecular formula is C29H44ClNO3. The van der Waals surface area contributed by atoms with E-state index in [1.54, 1.807) is 0 Å². The van der Waals surface area contributed by atoms with Crippen LogP contribution in [0.25, 0.3) is 5.57 Å². The number of nitrogens with zero attached hydrogens (tertiary/aromatic N) is 1. The monoisotopic (exact) mass is 489 g/mol. The zero-order chi connectivity index (χ0) is 23.3. The first kappa shape index (κ1) is 27.1. The van der Waals surface area contributed by atoms with Crippen LogP contribution in [-0.2, 0) is 11.2 Å². The first-order chi connectivity index (χ1) is 16.0. The van der Waals surface area contributed by atoms with Crippen LogP contribution in [0, 0.1) is 0 Å². The van der Waals surface area contributed by atoms with Crippen molar-refractivity contribution in [3.8, 4) is 11.5 Å². The Labute approximate surface area is 212 Å². The summed E-state index contributed by atoms with van der Waals surface area (Å²) in [4.78, 5) is 15.4. The molecule has 0 amide bonds. The molecule has 2 heterocycles. The Kier molecular flexibility index (Phi) is 9.91.